The normalized spacial score (nSPS) is 17.9. The summed E-state index contributed by atoms with van der Waals surface area (Å²) < 4.78 is 5.72. The van der Waals surface area contributed by atoms with Gasteiger partial charge in [-0.05, 0) is 48.9 Å². The summed E-state index contributed by atoms with van der Waals surface area (Å²) >= 11 is 0. The number of anilines is 1. The molecule has 0 saturated carbocycles. The second kappa shape index (κ2) is 8.31. The van der Waals surface area contributed by atoms with Crippen LogP contribution in [-0.4, -0.2) is 29.3 Å². The second-order valence-corrected chi connectivity index (χ2v) is 7.30. The van der Waals surface area contributed by atoms with Gasteiger partial charge in [0, 0.05) is 5.69 Å². The summed E-state index contributed by atoms with van der Waals surface area (Å²) in [5.41, 5.74) is -0.0109. The van der Waals surface area contributed by atoms with Gasteiger partial charge in [0.25, 0.3) is 5.91 Å². The number of urea groups is 1. The number of amides is 4. The van der Waals surface area contributed by atoms with Crippen LogP contribution in [0.1, 0.15) is 12.5 Å². The molecule has 7 nitrogen and oxygen atoms in total. The van der Waals surface area contributed by atoms with E-state index < -0.39 is 23.4 Å². The quantitative estimate of drug-likeness (QED) is 0.598. The number of para-hydroxylation sites is 1. The average molecular weight is 415 g/mol. The third-order valence-electron chi connectivity index (χ3n) is 5.04. The van der Waals surface area contributed by atoms with Crippen LogP contribution in [0.15, 0.2) is 84.9 Å². The maximum atomic E-state index is 12.9. The van der Waals surface area contributed by atoms with Crippen molar-refractivity contribution in [3.05, 3.63) is 90.5 Å². The van der Waals surface area contributed by atoms with Crippen molar-refractivity contribution < 1.29 is 19.1 Å². The molecule has 3 aromatic rings. The lowest BCUT2D eigenvalue weighted by molar-refractivity contribution is -0.133. The van der Waals surface area contributed by atoms with Crippen LogP contribution in [0.4, 0.5) is 10.5 Å². The predicted octanol–water partition coefficient (Wildman–Crippen LogP) is 3.88. The molecule has 0 bridgehead atoms. The Morgan fingerprint density at radius 1 is 0.903 bits per heavy atom. The summed E-state index contributed by atoms with van der Waals surface area (Å²) in [7, 11) is 0. The van der Waals surface area contributed by atoms with Crippen molar-refractivity contribution in [3.63, 3.8) is 0 Å². The lowest BCUT2D eigenvalue weighted by atomic mass is 9.92. The zero-order valence-electron chi connectivity index (χ0n) is 16.9. The molecule has 4 amide bonds. The molecule has 31 heavy (non-hydrogen) atoms. The highest BCUT2D eigenvalue weighted by atomic mass is 16.5. The third-order valence-corrected chi connectivity index (χ3v) is 5.04. The molecule has 2 N–H and O–H groups in total. The number of hydrogen-bond acceptors (Lipinski definition) is 4. The summed E-state index contributed by atoms with van der Waals surface area (Å²) in [6.45, 7) is 1.25. The first kappa shape index (κ1) is 20.2. The minimum Gasteiger partial charge on any atom is -0.457 e. The van der Waals surface area contributed by atoms with E-state index in [2.05, 4.69) is 10.6 Å². The molecule has 1 heterocycles. The Morgan fingerprint density at radius 3 is 2.13 bits per heavy atom. The highest BCUT2D eigenvalue weighted by molar-refractivity contribution is 6.10. The zero-order valence-corrected chi connectivity index (χ0v) is 16.9. The van der Waals surface area contributed by atoms with Gasteiger partial charge in [0.15, 0.2) is 0 Å². The lowest BCUT2D eigenvalue weighted by Crippen LogP contribution is -2.42. The molecule has 1 saturated heterocycles. The van der Waals surface area contributed by atoms with Crippen molar-refractivity contribution in [2.75, 3.05) is 11.9 Å². The largest absolute Gasteiger partial charge is 0.457 e. The number of benzene rings is 3. The van der Waals surface area contributed by atoms with Gasteiger partial charge in [-0.15, -0.1) is 0 Å². The fraction of sp³-hybridized carbons (Fsp3) is 0.125. The number of rotatable bonds is 6. The topological polar surface area (TPSA) is 87.7 Å². The van der Waals surface area contributed by atoms with Gasteiger partial charge in [0.2, 0.25) is 5.91 Å². The predicted molar refractivity (Wildman–Crippen MR) is 116 cm³/mol. The Labute approximate surface area is 179 Å². The Morgan fingerprint density at radius 2 is 1.48 bits per heavy atom. The van der Waals surface area contributed by atoms with Crippen LogP contribution in [0.3, 0.4) is 0 Å². The number of imide groups is 1. The van der Waals surface area contributed by atoms with Gasteiger partial charge in [0.1, 0.15) is 23.6 Å². The average Bonchev–Trinajstić information content (AvgIpc) is 3.00. The molecule has 1 fully saturated rings. The summed E-state index contributed by atoms with van der Waals surface area (Å²) in [6.07, 6.45) is 0. The molecule has 0 unspecified atom stereocenters. The van der Waals surface area contributed by atoms with E-state index in [1.54, 1.807) is 55.5 Å². The molecule has 3 aromatic carbocycles. The molecule has 1 aliphatic heterocycles. The number of carbonyl (C=O) groups excluding carboxylic acids is 3. The summed E-state index contributed by atoms with van der Waals surface area (Å²) in [5, 5.41) is 5.39. The van der Waals surface area contributed by atoms with Crippen molar-refractivity contribution in [1.82, 2.24) is 10.2 Å². The first-order chi connectivity index (χ1) is 15.0. The molecule has 0 aliphatic carbocycles. The fourth-order valence-electron chi connectivity index (χ4n) is 3.38. The molecule has 0 aromatic heterocycles. The Balaban J connectivity index is 1.38. The van der Waals surface area contributed by atoms with Gasteiger partial charge in [-0.1, -0.05) is 48.5 Å². The van der Waals surface area contributed by atoms with E-state index in [1.807, 2.05) is 36.4 Å². The maximum absolute atomic E-state index is 12.9. The first-order valence-corrected chi connectivity index (χ1v) is 9.78. The van der Waals surface area contributed by atoms with Crippen LogP contribution in [-0.2, 0) is 15.1 Å². The van der Waals surface area contributed by atoms with Gasteiger partial charge in [0.05, 0.1) is 0 Å². The molecule has 0 radical (unpaired) electrons. The number of carbonyl (C=O) groups is 3. The van der Waals surface area contributed by atoms with Gasteiger partial charge in [-0.2, -0.15) is 0 Å². The minimum absolute atomic E-state index is 0.380. The Bertz CT molecular complexity index is 1100. The van der Waals surface area contributed by atoms with E-state index in [1.165, 1.54) is 0 Å². The van der Waals surface area contributed by atoms with Crippen LogP contribution in [0.25, 0.3) is 0 Å². The van der Waals surface area contributed by atoms with Crippen LogP contribution >= 0.6 is 0 Å². The lowest BCUT2D eigenvalue weighted by Gasteiger charge is -2.22. The molecule has 0 spiro atoms. The standard InChI is InChI=1S/C24H21N3O4/c1-24(17-8-4-2-5-9-17)22(29)27(23(30)26-24)16-21(28)25-18-12-14-20(15-13-18)31-19-10-6-3-7-11-19/h2-15H,16H2,1H3,(H,25,28)(H,26,30)/t24-/m0/s1. The molecule has 156 valence electrons. The summed E-state index contributed by atoms with van der Waals surface area (Å²) in [5.74, 6) is 0.388. The highest BCUT2D eigenvalue weighted by Crippen LogP contribution is 2.28. The smallest absolute Gasteiger partial charge is 0.325 e. The molecular formula is C24H21N3O4. The number of nitrogens with one attached hydrogen (secondary N) is 2. The minimum atomic E-state index is -1.20. The molecule has 1 atom stereocenters. The Kier molecular flexibility index (Phi) is 5.41. The molecular weight excluding hydrogens is 394 g/mol. The van der Waals surface area contributed by atoms with E-state index in [9.17, 15) is 14.4 Å². The first-order valence-electron chi connectivity index (χ1n) is 9.78. The Hall–Kier alpha value is -4.13. The van der Waals surface area contributed by atoms with Gasteiger partial charge < -0.3 is 15.4 Å². The number of nitrogens with zero attached hydrogens (tertiary/aromatic N) is 1. The molecule has 7 heteroatoms. The van der Waals surface area contributed by atoms with E-state index in [0.29, 0.717) is 22.7 Å². The maximum Gasteiger partial charge on any atom is 0.325 e. The van der Waals surface area contributed by atoms with Crippen molar-refractivity contribution in [2.24, 2.45) is 0 Å². The van der Waals surface area contributed by atoms with Crippen LogP contribution in [0.5, 0.6) is 11.5 Å². The monoisotopic (exact) mass is 415 g/mol. The van der Waals surface area contributed by atoms with Crippen LogP contribution in [0.2, 0.25) is 0 Å². The van der Waals surface area contributed by atoms with Crippen molar-refractivity contribution in [3.8, 4) is 11.5 Å². The van der Waals surface area contributed by atoms with Crippen LogP contribution < -0.4 is 15.4 Å². The number of hydrogen-bond donors (Lipinski definition) is 2. The van der Waals surface area contributed by atoms with Gasteiger partial charge in [-0.3, -0.25) is 14.5 Å². The SMILES string of the molecule is C[C@@]1(c2ccccc2)NC(=O)N(CC(=O)Nc2ccc(Oc3ccccc3)cc2)C1=O. The van der Waals surface area contributed by atoms with Crippen LogP contribution in [0, 0.1) is 0 Å². The van der Waals surface area contributed by atoms with E-state index >= 15 is 0 Å². The van der Waals surface area contributed by atoms with Crippen molar-refractivity contribution in [1.29, 1.82) is 0 Å². The number of ether oxygens (including phenoxy) is 1. The summed E-state index contributed by atoms with van der Waals surface area (Å²) in [4.78, 5) is 38.7. The highest BCUT2D eigenvalue weighted by Gasteiger charge is 2.49. The zero-order chi connectivity index (χ0) is 21.8. The van der Waals surface area contributed by atoms with Crippen molar-refractivity contribution >= 4 is 23.5 Å². The van der Waals surface area contributed by atoms with Crippen molar-refractivity contribution in [2.45, 2.75) is 12.5 Å². The molecule has 1 aliphatic rings. The summed E-state index contributed by atoms with van der Waals surface area (Å²) in [6, 6.07) is 24.5. The van der Waals surface area contributed by atoms with Gasteiger partial charge >= 0.3 is 6.03 Å². The fourth-order valence-corrected chi connectivity index (χ4v) is 3.38. The van der Waals surface area contributed by atoms with E-state index in [-0.39, 0.29) is 6.54 Å². The third kappa shape index (κ3) is 4.25. The van der Waals surface area contributed by atoms with E-state index in [4.69, 9.17) is 4.74 Å². The molecule has 4 rings (SSSR count). The van der Waals surface area contributed by atoms with E-state index in [0.717, 1.165) is 4.90 Å². The second-order valence-electron chi connectivity index (χ2n) is 7.30. The van der Waals surface area contributed by atoms with Gasteiger partial charge in [-0.25, -0.2) is 4.79 Å².